The zero-order chi connectivity index (χ0) is 13.1. The Morgan fingerprint density at radius 2 is 2.33 bits per heavy atom. The van der Waals surface area contributed by atoms with Crippen molar-refractivity contribution in [3.8, 4) is 5.75 Å². The lowest BCUT2D eigenvalue weighted by molar-refractivity contribution is -0.121. The van der Waals surface area contributed by atoms with Crippen LogP contribution in [0.1, 0.15) is 5.56 Å². The Morgan fingerprint density at radius 3 is 3.06 bits per heavy atom. The van der Waals surface area contributed by atoms with Gasteiger partial charge in [0, 0.05) is 13.6 Å². The highest BCUT2D eigenvalue weighted by atomic mass is 16.5. The van der Waals surface area contributed by atoms with E-state index in [1.807, 2.05) is 18.2 Å². The summed E-state index contributed by atoms with van der Waals surface area (Å²) in [5.74, 6) is 0.212. The van der Waals surface area contributed by atoms with Crippen LogP contribution in [0.2, 0.25) is 0 Å². The molecule has 1 aromatic carbocycles. The number of ether oxygens (including phenoxy) is 1. The summed E-state index contributed by atoms with van der Waals surface area (Å²) in [6.07, 6.45) is 0. The number of carbonyl (C=O) groups excluding carboxylic acids is 2. The highest BCUT2D eigenvalue weighted by Crippen LogP contribution is 2.31. The van der Waals surface area contributed by atoms with Crippen molar-refractivity contribution in [1.82, 2.24) is 5.32 Å². The van der Waals surface area contributed by atoms with Crippen LogP contribution >= 0.6 is 0 Å². The van der Waals surface area contributed by atoms with Gasteiger partial charge in [0.25, 0.3) is 5.91 Å². The van der Waals surface area contributed by atoms with Crippen molar-refractivity contribution in [2.45, 2.75) is 6.54 Å². The lowest BCUT2D eigenvalue weighted by atomic mass is 10.1. The van der Waals surface area contributed by atoms with Gasteiger partial charge in [0.05, 0.1) is 12.2 Å². The molecule has 96 valence electrons. The van der Waals surface area contributed by atoms with Crippen molar-refractivity contribution < 1.29 is 14.3 Å². The molecule has 0 radical (unpaired) electrons. The molecular formula is C12H15N3O3. The third-order valence-corrected chi connectivity index (χ3v) is 2.74. The number of rotatable bonds is 4. The number of nitrogens with zero attached hydrogens (tertiary/aromatic N) is 1. The number of amides is 2. The van der Waals surface area contributed by atoms with Gasteiger partial charge in [-0.2, -0.15) is 0 Å². The van der Waals surface area contributed by atoms with Crippen LogP contribution in [-0.4, -0.2) is 32.0 Å². The summed E-state index contributed by atoms with van der Waals surface area (Å²) in [7, 11) is 1.71. The van der Waals surface area contributed by atoms with E-state index in [0.717, 1.165) is 11.3 Å². The van der Waals surface area contributed by atoms with Gasteiger partial charge in [-0.05, 0) is 17.7 Å². The summed E-state index contributed by atoms with van der Waals surface area (Å²) in [5, 5.41) is 2.92. The summed E-state index contributed by atoms with van der Waals surface area (Å²) >= 11 is 0. The van der Waals surface area contributed by atoms with E-state index >= 15 is 0 Å². The number of likely N-dealkylation sites (N-methyl/N-ethyl adjacent to an activating group) is 1. The highest BCUT2D eigenvalue weighted by molar-refractivity contribution is 5.97. The number of benzene rings is 1. The molecule has 6 heteroatoms. The van der Waals surface area contributed by atoms with E-state index in [1.165, 1.54) is 0 Å². The smallest absolute Gasteiger partial charge is 0.264 e. The SMILES string of the molecule is CN1C(=O)COc2ccc(CNCC(N)=O)cc21. The molecule has 3 N–H and O–H groups in total. The first-order valence-corrected chi connectivity index (χ1v) is 5.59. The normalized spacial score (nSPS) is 14.1. The number of carbonyl (C=O) groups is 2. The van der Waals surface area contributed by atoms with Gasteiger partial charge in [-0.1, -0.05) is 6.07 Å². The maximum atomic E-state index is 11.5. The molecule has 1 heterocycles. The first-order valence-electron chi connectivity index (χ1n) is 5.59. The summed E-state index contributed by atoms with van der Waals surface area (Å²) in [6, 6.07) is 5.57. The van der Waals surface area contributed by atoms with Gasteiger partial charge in [-0.3, -0.25) is 9.59 Å². The summed E-state index contributed by atoms with van der Waals surface area (Å²) in [4.78, 5) is 23.7. The quantitative estimate of drug-likeness (QED) is 0.761. The van der Waals surface area contributed by atoms with Gasteiger partial charge in [-0.25, -0.2) is 0 Å². The van der Waals surface area contributed by atoms with Crippen LogP contribution < -0.4 is 20.7 Å². The molecule has 0 fully saturated rings. The average Bonchev–Trinajstić information content (AvgIpc) is 2.34. The Bertz CT molecular complexity index is 487. The molecule has 18 heavy (non-hydrogen) atoms. The fourth-order valence-corrected chi connectivity index (χ4v) is 1.76. The van der Waals surface area contributed by atoms with Gasteiger partial charge in [0.1, 0.15) is 5.75 Å². The first kappa shape index (κ1) is 12.4. The van der Waals surface area contributed by atoms with E-state index in [1.54, 1.807) is 11.9 Å². The van der Waals surface area contributed by atoms with Crippen LogP contribution in [0, 0.1) is 0 Å². The van der Waals surface area contributed by atoms with Gasteiger partial charge in [0.15, 0.2) is 6.61 Å². The van der Waals surface area contributed by atoms with Crippen LogP contribution in [0.15, 0.2) is 18.2 Å². The Morgan fingerprint density at radius 1 is 1.56 bits per heavy atom. The summed E-state index contributed by atoms with van der Waals surface area (Å²) in [6.45, 7) is 0.712. The molecule has 0 aliphatic carbocycles. The molecule has 0 saturated carbocycles. The van der Waals surface area contributed by atoms with Crippen molar-refractivity contribution in [3.63, 3.8) is 0 Å². The summed E-state index contributed by atoms with van der Waals surface area (Å²) in [5.41, 5.74) is 6.73. The second-order valence-corrected chi connectivity index (χ2v) is 4.11. The van der Waals surface area contributed by atoms with Crippen LogP contribution in [0.25, 0.3) is 0 Å². The molecule has 2 rings (SSSR count). The van der Waals surface area contributed by atoms with Gasteiger partial charge in [0.2, 0.25) is 5.91 Å². The van der Waals surface area contributed by atoms with Gasteiger partial charge >= 0.3 is 0 Å². The largest absolute Gasteiger partial charge is 0.482 e. The van der Waals surface area contributed by atoms with Crippen LogP contribution in [0.3, 0.4) is 0 Å². The molecule has 0 atom stereocenters. The second kappa shape index (κ2) is 5.05. The molecule has 1 aromatic rings. The predicted octanol–water partition coefficient (Wildman–Crippen LogP) is -0.383. The molecule has 0 saturated heterocycles. The Kier molecular flexibility index (Phi) is 3.47. The molecule has 0 bridgehead atoms. The molecule has 1 aliphatic rings. The average molecular weight is 249 g/mol. The Labute approximate surface area is 105 Å². The molecule has 1 aliphatic heterocycles. The van der Waals surface area contributed by atoms with Crippen molar-refractivity contribution >= 4 is 17.5 Å². The Balaban J connectivity index is 2.11. The van der Waals surface area contributed by atoms with E-state index < -0.39 is 5.91 Å². The molecule has 0 aromatic heterocycles. The maximum Gasteiger partial charge on any atom is 0.264 e. The number of nitrogens with two attached hydrogens (primary N) is 1. The van der Waals surface area contributed by atoms with E-state index in [-0.39, 0.29) is 19.1 Å². The topological polar surface area (TPSA) is 84.7 Å². The van der Waals surface area contributed by atoms with Crippen LogP contribution in [-0.2, 0) is 16.1 Å². The third-order valence-electron chi connectivity index (χ3n) is 2.74. The monoisotopic (exact) mass is 249 g/mol. The molecule has 2 amide bonds. The fraction of sp³-hybridized carbons (Fsp3) is 0.333. The number of nitrogens with one attached hydrogen (secondary N) is 1. The van der Waals surface area contributed by atoms with Crippen LogP contribution in [0.5, 0.6) is 5.75 Å². The minimum absolute atomic E-state index is 0.0722. The zero-order valence-corrected chi connectivity index (χ0v) is 10.1. The van der Waals surface area contributed by atoms with E-state index in [9.17, 15) is 9.59 Å². The number of fused-ring (bicyclic) bond motifs is 1. The molecule has 6 nitrogen and oxygen atoms in total. The van der Waals surface area contributed by atoms with E-state index in [4.69, 9.17) is 10.5 Å². The number of anilines is 1. The zero-order valence-electron chi connectivity index (χ0n) is 10.1. The standard InChI is InChI=1S/C12H15N3O3/c1-15-9-4-8(5-14-6-11(13)16)2-3-10(9)18-7-12(15)17/h2-4,14H,5-7H2,1H3,(H2,13,16). The molecular weight excluding hydrogens is 234 g/mol. The molecule has 0 spiro atoms. The third kappa shape index (κ3) is 2.60. The minimum atomic E-state index is -0.399. The van der Waals surface area contributed by atoms with Crippen molar-refractivity contribution in [2.75, 3.05) is 25.1 Å². The fourth-order valence-electron chi connectivity index (χ4n) is 1.76. The maximum absolute atomic E-state index is 11.5. The first-order chi connectivity index (χ1) is 8.58. The van der Waals surface area contributed by atoms with Crippen molar-refractivity contribution in [3.05, 3.63) is 23.8 Å². The van der Waals surface area contributed by atoms with E-state index in [2.05, 4.69) is 5.32 Å². The lowest BCUT2D eigenvalue weighted by Gasteiger charge is -2.26. The van der Waals surface area contributed by atoms with Crippen molar-refractivity contribution in [1.29, 1.82) is 0 Å². The minimum Gasteiger partial charge on any atom is -0.482 e. The van der Waals surface area contributed by atoms with Gasteiger partial charge < -0.3 is 20.7 Å². The Hall–Kier alpha value is -2.08. The number of primary amides is 1. The van der Waals surface area contributed by atoms with Gasteiger partial charge in [-0.15, -0.1) is 0 Å². The van der Waals surface area contributed by atoms with E-state index in [0.29, 0.717) is 12.3 Å². The number of hydrogen-bond acceptors (Lipinski definition) is 4. The van der Waals surface area contributed by atoms with Crippen LogP contribution in [0.4, 0.5) is 5.69 Å². The second-order valence-electron chi connectivity index (χ2n) is 4.11. The summed E-state index contributed by atoms with van der Waals surface area (Å²) < 4.78 is 5.32. The predicted molar refractivity (Wildman–Crippen MR) is 66.2 cm³/mol. The van der Waals surface area contributed by atoms with Crippen molar-refractivity contribution in [2.24, 2.45) is 5.73 Å². The highest BCUT2D eigenvalue weighted by Gasteiger charge is 2.22. The number of hydrogen-bond donors (Lipinski definition) is 2. The molecule has 0 unspecified atom stereocenters. The lowest BCUT2D eigenvalue weighted by Crippen LogP contribution is -2.35.